The first-order valence-electron chi connectivity index (χ1n) is 29.8. The maximum atomic E-state index is 12.8. The summed E-state index contributed by atoms with van der Waals surface area (Å²) in [6.45, 7) is 6.34. The molecule has 0 bridgehead atoms. The topological polar surface area (TPSA) is 78.9 Å². The molecule has 74 heavy (non-hydrogen) atoms. The Kier molecular flexibility index (Phi) is 57.0. The summed E-state index contributed by atoms with van der Waals surface area (Å²) in [6, 6.07) is 0. The number of hydrogen-bond donors (Lipinski definition) is 0. The van der Waals surface area contributed by atoms with Crippen LogP contribution in [0, 0.1) is 0 Å². The second kappa shape index (κ2) is 60.8. The molecule has 0 aliphatic rings. The molecule has 0 aromatic rings. The molecule has 6 nitrogen and oxygen atoms in total. The van der Waals surface area contributed by atoms with E-state index in [2.05, 4.69) is 167 Å². The fraction of sp³-hybridized carbons (Fsp3) is 0.603. The Balaban J connectivity index is 4.30. The van der Waals surface area contributed by atoms with Crippen molar-refractivity contribution in [2.24, 2.45) is 0 Å². The molecule has 0 saturated heterocycles. The summed E-state index contributed by atoms with van der Waals surface area (Å²) >= 11 is 0. The first-order valence-corrected chi connectivity index (χ1v) is 29.8. The molecule has 6 heteroatoms. The number of hydrogen-bond acceptors (Lipinski definition) is 6. The lowest BCUT2D eigenvalue weighted by molar-refractivity contribution is -0.167. The Bertz CT molecular complexity index is 1640. The lowest BCUT2D eigenvalue weighted by atomic mass is 10.1. The maximum absolute atomic E-state index is 12.8. The fourth-order valence-electron chi connectivity index (χ4n) is 7.68. The van der Waals surface area contributed by atoms with Gasteiger partial charge in [-0.05, 0) is 122 Å². The van der Waals surface area contributed by atoms with Crippen molar-refractivity contribution < 1.29 is 28.6 Å². The van der Waals surface area contributed by atoms with Gasteiger partial charge < -0.3 is 14.2 Å². The summed E-state index contributed by atoms with van der Waals surface area (Å²) in [7, 11) is 0. The van der Waals surface area contributed by atoms with Crippen molar-refractivity contribution in [1.82, 2.24) is 0 Å². The van der Waals surface area contributed by atoms with Crippen molar-refractivity contribution in [1.29, 1.82) is 0 Å². The van der Waals surface area contributed by atoms with Crippen LogP contribution in [0.5, 0.6) is 0 Å². The first-order chi connectivity index (χ1) is 36.5. The van der Waals surface area contributed by atoms with E-state index in [1.807, 2.05) is 0 Å². The Hall–Kier alpha value is -4.71. The van der Waals surface area contributed by atoms with E-state index >= 15 is 0 Å². The van der Waals surface area contributed by atoms with E-state index in [0.717, 1.165) is 148 Å². The van der Waals surface area contributed by atoms with Crippen molar-refractivity contribution in [2.75, 3.05) is 13.2 Å². The molecule has 416 valence electrons. The number of ether oxygens (including phenoxy) is 3. The molecule has 0 amide bonds. The van der Waals surface area contributed by atoms with Crippen LogP contribution in [0.15, 0.2) is 146 Å². The van der Waals surface area contributed by atoms with E-state index in [0.29, 0.717) is 19.3 Å². The second-order valence-corrected chi connectivity index (χ2v) is 19.1. The van der Waals surface area contributed by atoms with Gasteiger partial charge in [-0.3, -0.25) is 14.4 Å². The quantitative estimate of drug-likeness (QED) is 0.0261. The largest absolute Gasteiger partial charge is 0.462 e. The molecule has 0 aliphatic heterocycles. The van der Waals surface area contributed by atoms with Gasteiger partial charge in [0.15, 0.2) is 6.10 Å². The summed E-state index contributed by atoms with van der Waals surface area (Å²) in [5.41, 5.74) is 0. The van der Waals surface area contributed by atoms with Gasteiger partial charge in [0.2, 0.25) is 0 Å². The van der Waals surface area contributed by atoms with Crippen LogP contribution in [0.2, 0.25) is 0 Å². The summed E-state index contributed by atoms with van der Waals surface area (Å²) in [6.07, 6.45) is 87.2. The Morgan fingerprint density at radius 1 is 0.284 bits per heavy atom. The summed E-state index contributed by atoms with van der Waals surface area (Å²) in [4.78, 5) is 38.0. The highest BCUT2D eigenvalue weighted by atomic mass is 16.6. The molecule has 0 fully saturated rings. The molecule has 0 aromatic heterocycles. The molecule has 1 atom stereocenters. The molecule has 0 N–H and O–H groups in total. The minimum Gasteiger partial charge on any atom is -0.462 e. The molecule has 1 unspecified atom stereocenters. The number of rotatable bonds is 52. The fourth-order valence-corrected chi connectivity index (χ4v) is 7.68. The van der Waals surface area contributed by atoms with E-state index in [1.165, 1.54) is 57.8 Å². The van der Waals surface area contributed by atoms with E-state index in [1.54, 1.807) is 0 Å². The number of carbonyl (C=O) groups is 3. The van der Waals surface area contributed by atoms with Crippen LogP contribution < -0.4 is 0 Å². The van der Waals surface area contributed by atoms with E-state index in [9.17, 15) is 14.4 Å². The SMILES string of the molecule is CC/C=C\C/C=C\C/C=C\C/C=C\C/C=C\C/C=C\C/C=C\C/C=C\C/C=C\CCCCCC(=O)OCC(COC(=O)CCCCCCCCCC)OC(=O)CCCCCCCCC/C=C\C/C=C\C/C=C\CC. The van der Waals surface area contributed by atoms with Crippen LogP contribution >= 0.6 is 0 Å². The standard InChI is InChI=1S/C68H108O6/c1-4-7-10-13-16-19-21-23-25-27-28-29-30-31-32-33-34-35-36-37-38-39-40-42-43-45-47-49-52-55-58-61-67(70)73-64-65(63-72-66(69)60-57-54-51-18-15-12-9-6-3)74-68(71)62-59-56-53-50-48-46-44-41-26-24-22-20-17-14-11-8-5-2/h7-8,10-11,16-17,19-20,23-26,28-29,31-32,34-35,37-38,40,42,45,47,65H,4-6,9,12-15,18,21-22,27,30,33,36,39,41,43-44,46,48-64H2,1-3H3/b10-7-,11-8-,19-16-,20-17-,25-23-,26-24-,29-28-,32-31-,35-34-,38-37-,42-40-,47-45-. The monoisotopic (exact) mass is 1020 g/mol. The van der Waals surface area contributed by atoms with Crippen LogP contribution in [0.25, 0.3) is 0 Å². The predicted molar refractivity (Wildman–Crippen MR) is 320 cm³/mol. The number of esters is 3. The minimum atomic E-state index is -0.800. The zero-order chi connectivity index (χ0) is 53.6. The Morgan fingerprint density at radius 2 is 0.527 bits per heavy atom. The Morgan fingerprint density at radius 3 is 0.838 bits per heavy atom. The van der Waals surface area contributed by atoms with Gasteiger partial charge in [-0.1, -0.05) is 250 Å². The van der Waals surface area contributed by atoms with E-state index < -0.39 is 6.10 Å². The van der Waals surface area contributed by atoms with Crippen molar-refractivity contribution >= 4 is 17.9 Å². The van der Waals surface area contributed by atoms with Gasteiger partial charge in [0.25, 0.3) is 0 Å². The molecule has 0 heterocycles. The molecule has 0 aromatic carbocycles. The van der Waals surface area contributed by atoms with Crippen molar-refractivity contribution in [2.45, 2.75) is 252 Å². The maximum Gasteiger partial charge on any atom is 0.306 e. The van der Waals surface area contributed by atoms with Gasteiger partial charge in [-0.2, -0.15) is 0 Å². The normalized spacial score (nSPS) is 13.2. The smallest absolute Gasteiger partial charge is 0.306 e. The zero-order valence-electron chi connectivity index (χ0n) is 47.5. The predicted octanol–water partition coefficient (Wildman–Crippen LogP) is 20.4. The summed E-state index contributed by atoms with van der Waals surface area (Å²) < 4.78 is 16.8. The minimum absolute atomic E-state index is 0.0965. The summed E-state index contributed by atoms with van der Waals surface area (Å²) in [5, 5.41) is 0. The van der Waals surface area contributed by atoms with Crippen LogP contribution in [-0.4, -0.2) is 37.2 Å². The highest BCUT2D eigenvalue weighted by Gasteiger charge is 2.19. The average molecular weight is 1020 g/mol. The third-order valence-corrected chi connectivity index (χ3v) is 12.1. The van der Waals surface area contributed by atoms with Crippen LogP contribution in [-0.2, 0) is 28.6 Å². The van der Waals surface area contributed by atoms with Crippen LogP contribution in [0.4, 0.5) is 0 Å². The van der Waals surface area contributed by atoms with Crippen LogP contribution in [0.3, 0.4) is 0 Å². The Labute approximate surface area is 455 Å². The van der Waals surface area contributed by atoms with Gasteiger partial charge in [-0.15, -0.1) is 0 Å². The lowest BCUT2D eigenvalue weighted by Gasteiger charge is -2.18. The van der Waals surface area contributed by atoms with E-state index in [-0.39, 0.29) is 31.1 Å². The molecular formula is C68H108O6. The highest BCUT2D eigenvalue weighted by Crippen LogP contribution is 2.14. The van der Waals surface area contributed by atoms with Gasteiger partial charge in [0, 0.05) is 19.3 Å². The molecule has 0 saturated carbocycles. The average Bonchev–Trinajstić information content (AvgIpc) is 3.40. The van der Waals surface area contributed by atoms with Gasteiger partial charge >= 0.3 is 17.9 Å². The number of allylic oxidation sites excluding steroid dienone is 24. The molecule has 0 rings (SSSR count). The second-order valence-electron chi connectivity index (χ2n) is 19.1. The van der Waals surface area contributed by atoms with Crippen molar-refractivity contribution in [3.8, 4) is 0 Å². The molecule has 0 radical (unpaired) electrons. The molecule has 0 spiro atoms. The van der Waals surface area contributed by atoms with Crippen LogP contribution in [0.1, 0.15) is 245 Å². The third kappa shape index (κ3) is 58.2. The van der Waals surface area contributed by atoms with Crippen molar-refractivity contribution in [3.05, 3.63) is 146 Å². The number of unbranched alkanes of at least 4 members (excludes halogenated alkanes) is 17. The highest BCUT2D eigenvalue weighted by molar-refractivity contribution is 5.71. The van der Waals surface area contributed by atoms with Gasteiger partial charge in [0.1, 0.15) is 13.2 Å². The number of carbonyl (C=O) groups excluding carboxylic acids is 3. The molecular weight excluding hydrogens is 913 g/mol. The van der Waals surface area contributed by atoms with Crippen molar-refractivity contribution in [3.63, 3.8) is 0 Å². The summed E-state index contributed by atoms with van der Waals surface area (Å²) in [5.74, 6) is -0.951. The zero-order valence-corrected chi connectivity index (χ0v) is 47.5. The van der Waals surface area contributed by atoms with E-state index in [4.69, 9.17) is 14.2 Å². The van der Waals surface area contributed by atoms with Gasteiger partial charge in [-0.25, -0.2) is 0 Å². The third-order valence-electron chi connectivity index (χ3n) is 12.1. The molecule has 0 aliphatic carbocycles. The first kappa shape index (κ1) is 69.3. The lowest BCUT2D eigenvalue weighted by Crippen LogP contribution is -2.30. The van der Waals surface area contributed by atoms with Gasteiger partial charge in [0.05, 0.1) is 0 Å².